The molecule has 7 nitrogen and oxygen atoms in total. The van der Waals surface area contributed by atoms with Crippen LogP contribution in [-0.4, -0.2) is 54.3 Å². The summed E-state index contributed by atoms with van der Waals surface area (Å²) in [5.74, 6) is 1.72. The van der Waals surface area contributed by atoms with E-state index in [9.17, 15) is 0 Å². The molecule has 21 heavy (non-hydrogen) atoms. The zero-order valence-electron chi connectivity index (χ0n) is 12.5. The lowest BCUT2D eigenvalue weighted by Gasteiger charge is -2.29. The van der Waals surface area contributed by atoms with Gasteiger partial charge in [0.05, 0.1) is 13.2 Å². The van der Waals surface area contributed by atoms with Gasteiger partial charge in [-0.05, 0) is 12.8 Å². The number of nitrogen functional groups attached to an aromatic ring is 1. The summed E-state index contributed by atoms with van der Waals surface area (Å²) >= 11 is 0. The number of rotatable bonds is 2. The van der Waals surface area contributed by atoms with E-state index in [1.165, 1.54) is 32.1 Å². The zero-order chi connectivity index (χ0) is 14.5. The second-order valence-corrected chi connectivity index (χ2v) is 5.65. The van der Waals surface area contributed by atoms with Crippen molar-refractivity contribution >= 4 is 17.8 Å². The van der Waals surface area contributed by atoms with Gasteiger partial charge >= 0.3 is 0 Å². The van der Waals surface area contributed by atoms with Gasteiger partial charge in [0.1, 0.15) is 0 Å². The number of morpholine rings is 1. The SMILES string of the molecule is Nc1nc(N2CCCCCCC2)nc(N2CCOCC2)n1. The Labute approximate surface area is 125 Å². The highest BCUT2D eigenvalue weighted by atomic mass is 16.5. The number of ether oxygens (including phenoxy) is 1. The molecule has 1 aromatic heterocycles. The Kier molecular flexibility index (Phi) is 4.69. The molecule has 2 aliphatic rings. The van der Waals surface area contributed by atoms with Crippen molar-refractivity contribution in [1.82, 2.24) is 15.0 Å². The lowest BCUT2D eigenvalue weighted by atomic mass is 10.1. The minimum absolute atomic E-state index is 0.309. The molecule has 0 unspecified atom stereocenters. The van der Waals surface area contributed by atoms with E-state index in [2.05, 4.69) is 24.8 Å². The van der Waals surface area contributed by atoms with E-state index in [1.54, 1.807) is 0 Å². The Morgan fingerprint density at radius 1 is 0.714 bits per heavy atom. The molecule has 0 spiro atoms. The Morgan fingerprint density at radius 3 is 1.86 bits per heavy atom. The highest BCUT2D eigenvalue weighted by Crippen LogP contribution is 2.19. The third-order valence-electron chi connectivity index (χ3n) is 4.06. The summed E-state index contributed by atoms with van der Waals surface area (Å²) in [5.41, 5.74) is 5.90. The quantitative estimate of drug-likeness (QED) is 0.873. The zero-order valence-corrected chi connectivity index (χ0v) is 12.5. The van der Waals surface area contributed by atoms with Crippen molar-refractivity contribution < 1.29 is 4.74 Å². The van der Waals surface area contributed by atoms with Crippen LogP contribution in [0.2, 0.25) is 0 Å². The molecule has 0 radical (unpaired) electrons. The smallest absolute Gasteiger partial charge is 0.232 e. The van der Waals surface area contributed by atoms with E-state index in [0.29, 0.717) is 25.1 Å². The third kappa shape index (κ3) is 3.72. The first-order valence-corrected chi connectivity index (χ1v) is 7.92. The first-order valence-electron chi connectivity index (χ1n) is 7.92. The van der Waals surface area contributed by atoms with Gasteiger partial charge in [0.25, 0.3) is 0 Å². The van der Waals surface area contributed by atoms with E-state index in [0.717, 1.165) is 32.1 Å². The molecule has 2 fully saturated rings. The van der Waals surface area contributed by atoms with Gasteiger partial charge in [0.2, 0.25) is 17.8 Å². The molecule has 3 heterocycles. The van der Waals surface area contributed by atoms with Crippen LogP contribution < -0.4 is 15.5 Å². The molecule has 2 saturated heterocycles. The standard InChI is InChI=1S/C14H24N6O/c15-12-16-13(19-6-4-2-1-3-5-7-19)18-14(17-12)20-8-10-21-11-9-20/h1-11H2,(H2,15,16,17,18). The number of hydrogen-bond acceptors (Lipinski definition) is 7. The van der Waals surface area contributed by atoms with E-state index < -0.39 is 0 Å². The maximum Gasteiger partial charge on any atom is 0.232 e. The summed E-state index contributed by atoms with van der Waals surface area (Å²) in [6.45, 7) is 5.05. The molecular weight excluding hydrogens is 268 g/mol. The molecule has 0 aromatic carbocycles. The molecule has 0 aliphatic carbocycles. The fraction of sp³-hybridized carbons (Fsp3) is 0.786. The molecule has 116 valence electrons. The average molecular weight is 292 g/mol. The van der Waals surface area contributed by atoms with Gasteiger partial charge in [-0.2, -0.15) is 15.0 Å². The summed E-state index contributed by atoms with van der Waals surface area (Å²) in [6.07, 6.45) is 6.30. The van der Waals surface area contributed by atoms with Crippen LogP contribution in [-0.2, 0) is 4.74 Å². The largest absolute Gasteiger partial charge is 0.378 e. The summed E-state index contributed by atoms with van der Waals surface area (Å²) < 4.78 is 5.37. The number of nitrogens with two attached hydrogens (primary N) is 1. The van der Waals surface area contributed by atoms with Crippen LogP contribution in [0.25, 0.3) is 0 Å². The van der Waals surface area contributed by atoms with E-state index >= 15 is 0 Å². The molecule has 0 bridgehead atoms. The number of hydrogen-bond donors (Lipinski definition) is 1. The van der Waals surface area contributed by atoms with E-state index in [1.807, 2.05) is 0 Å². The van der Waals surface area contributed by atoms with Gasteiger partial charge in [0.15, 0.2) is 0 Å². The van der Waals surface area contributed by atoms with Crippen LogP contribution in [0.5, 0.6) is 0 Å². The Hall–Kier alpha value is -1.63. The Bertz CT molecular complexity index is 455. The highest BCUT2D eigenvalue weighted by molar-refractivity contribution is 5.43. The molecular formula is C14H24N6O. The van der Waals surface area contributed by atoms with Crippen molar-refractivity contribution in [3.05, 3.63) is 0 Å². The van der Waals surface area contributed by atoms with Crippen LogP contribution in [0.4, 0.5) is 17.8 Å². The fourth-order valence-electron chi connectivity index (χ4n) is 2.86. The predicted octanol–water partition coefficient (Wildman–Crippen LogP) is 1.06. The van der Waals surface area contributed by atoms with Gasteiger partial charge in [-0.1, -0.05) is 19.3 Å². The lowest BCUT2D eigenvalue weighted by molar-refractivity contribution is 0.122. The first kappa shape index (κ1) is 14.3. The second-order valence-electron chi connectivity index (χ2n) is 5.65. The highest BCUT2D eigenvalue weighted by Gasteiger charge is 2.18. The van der Waals surface area contributed by atoms with E-state index in [4.69, 9.17) is 10.5 Å². The van der Waals surface area contributed by atoms with E-state index in [-0.39, 0.29) is 0 Å². The van der Waals surface area contributed by atoms with Crippen molar-refractivity contribution in [3.8, 4) is 0 Å². The van der Waals surface area contributed by atoms with Gasteiger partial charge in [-0.15, -0.1) is 0 Å². The molecule has 0 amide bonds. The number of anilines is 3. The maximum atomic E-state index is 5.90. The lowest BCUT2D eigenvalue weighted by Crippen LogP contribution is -2.38. The number of aromatic nitrogens is 3. The van der Waals surface area contributed by atoms with Gasteiger partial charge in [-0.3, -0.25) is 0 Å². The fourth-order valence-corrected chi connectivity index (χ4v) is 2.86. The van der Waals surface area contributed by atoms with Crippen LogP contribution in [0.15, 0.2) is 0 Å². The summed E-state index contributed by atoms with van der Waals surface area (Å²) in [6, 6.07) is 0. The Morgan fingerprint density at radius 2 is 1.24 bits per heavy atom. The molecule has 3 rings (SSSR count). The minimum Gasteiger partial charge on any atom is -0.378 e. The summed E-state index contributed by atoms with van der Waals surface area (Å²) in [5, 5.41) is 0. The maximum absolute atomic E-state index is 5.90. The van der Waals surface area contributed by atoms with Crippen molar-refractivity contribution in [2.75, 3.05) is 54.9 Å². The molecule has 1 aromatic rings. The van der Waals surface area contributed by atoms with Crippen molar-refractivity contribution in [2.45, 2.75) is 32.1 Å². The average Bonchev–Trinajstić information content (AvgIpc) is 2.47. The van der Waals surface area contributed by atoms with Crippen LogP contribution >= 0.6 is 0 Å². The molecule has 0 atom stereocenters. The van der Waals surface area contributed by atoms with Crippen LogP contribution in [0, 0.1) is 0 Å². The van der Waals surface area contributed by atoms with Crippen molar-refractivity contribution in [2.24, 2.45) is 0 Å². The molecule has 2 N–H and O–H groups in total. The first-order chi connectivity index (χ1) is 10.3. The van der Waals surface area contributed by atoms with Gasteiger partial charge < -0.3 is 20.3 Å². The van der Waals surface area contributed by atoms with Gasteiger partial charge in [0, 0.05) is 26.2 Å². The van der Waals surface area contributed by atoms with Crippen molar-refractivity contribution in [3.63, 3.8) is 0 Å². The third-order valence-corrected chi connectivity index (χ3v) is 4.06. The molecule has 7 heteroatoms. The molecule has 2 aliphatic heterocycles. The summed E-state index contributed by atoms with van der Waals surface area (Å²) in [4.78, 5) is 17.7. The monoisotopic (exact) mass is 292 g/mol. The van der Waals surface area contributed by atoms with Crippen LogP contribution in [0.1, 0.15) is 32.1 Å². The second kappa shape index (κ2) is 6.89. The predicted molar refractivity (Wildman–Crippen MR) is 82.6 cm³/mol. The normalized spacial score (nSPS) is 21.0. The molecule has 0 saturated carbocycles. The topological polar surface area (TPSA) is 80.4 Å². The Balaban J connectivity index is 1.78. The van der Waals surface area contributed by atoms with Crippen LogP contribution in [0.3, 0.4) is 0 Å². The van der Waals surface area contributed by atoms with Crippen molar-refractivity contribution in [1.29, 1.82) is 0 Å². The summed E-state index contributed by atoms with van der Waals surface area (Å²) in [7, 11) is 0. The minimum atomic E-state index is 0.309. The van der Waals surface area contributed by atoms with Gasteiger partial charge in [-0.25, -0.2) is 0 Å². The number of nitrogens with zero attached hydrogens (tertiary/aromatic N) is 5.